The van der Waals surface area contributed by atoms with Crippen molar-refractivity contribution in [1.82, 2.24) is 9.88 Å². The number of urea groups is 1. The molecule has 2 atom stereocenters. The summed E-state index contributed by atoms with van der Waals surface area (Å²) in [6, 6.07) is 1.11. The topological polar surface area (TPSA) is 45.2 Å². The predicted octanol–water partition coefficient (Wildman–Crippen LogP) is 2.65. The second kappa shape index (κ2) is 4.99. The first-order chi connectivity index (χ1) is 9.22. The van der Waals surface area contributed by atoms with Crippen LogP contribution >= 0.6 is 0 Å². The number of aromatic nitrogens is 1. The molecular weight excluding hydrogens is 245 g/mol. The highest BCUT2D eigenvalue weighted by Gasteiger charge is 2.35. The van der Waals surface area contributed by atoms with Crippen molar-refractivity contribution in [2.75, 3.05) is 18.4 Å². The molecular formula is C14H16FN3O. The van der Waals surface area contributed by atoms with Crippen LogP contribution in [0.4, 0.5) is 14.9 Å². The molecule has 1 aromatic rings. The maximum absolute atomic E-state index is 13.0. The lowest BCUT2D eigenvalue weighted by atomic mass is 9.86. The van der Waals surface area contributed by atoms with Gasteiger partial charge in [-0.05, 0) is 24.7 Å². The number of nitrogens with zero attached hydrogens (tertiary/aromatic N) is 2. The van der Waals surface area contributed by atoms with Gasteiger partial charge in [-0.1, -0.05) is 12.2 Å². The van der Waals surface area contributed by atoms with E-state index in [4.69, 9.17) is 0 Å². The van der Waals surface area contributed by atoms with Crippen LogP contribution in [-0.2, 0) is 0 Å². The minimum absolute atomic E-state index is 0.165. The van der Waals surface area contributed by atoms with Crippen LogP contribution < -0.4 is 5.32 Å². The standard InChI is InChI=1S/C14H16FN3O/c15-12-5-13(7-16-6-12)17-14(19)18-8-10-3-1-2-4-11(10)9-18/h1-2,5-7,10-11H,3-4,8-9H2,(H,17,19)/t10-,11+. The van der Waals surface area contributed by atoms with Gasteiger partial charge in [-0.2, -0.15) is 0 Å². The summed E-state index contributed by atoms with van der Waals surface area (Å²) in [6.45, 7) is 1.56. The summed E-state index contributed by atoms with van der Waals surface area (Å²) in [5.74, 6) is 0.694. The summed E-state index contributed by atoms with van der Waals surface area (Å²) in [7, 11) is 0. The molecule has 4 nitrogen and oxygen atoms in total. The molecule has 0 radical (unpaired) electrons. The maximum atomic E-state index is 13.0. The van der Waals surface area contributed by atoms with Crippen LogP contribution in [-0.4, -0.2) is 29.0 Å². The molecule has 1 aromatic heterocycles. The number of amides is 2. The number of hydrogen-bond acceptors (Lipinski definition) is 2. The van der Waals surface area contributed by atoms with Gasteiger partial charge in [0, 0.05) is 19.2 Å². The van der Waals surface area contributed by atoms with E-state index >= 15 is 0 Å². The van der Waals surface area contributed by atoms with Crippen molar-refractivity contribution in [3.8, 4) is 0 Å². The van der Waals surface area contributed by atoms with Crippen molar-refractivity contribution in [1.29, 1.82) is 0 Å². The van der Waals surface area contributed by atoms with Crippen molar-refractivity contribution in [2.45, 2.75) is 12.8 Å². The third kappa shape index (κ3) is 2.59. The molecule has 100 valence electrons. The Kier molecular flexibility index (Phi) is 3.19. The number of allylic oxidation sites excluding steroid dienone is 2. The monoisotopic (exact) mass is 261 g/mol. The van der Waals surface area contributed by atoms with Crippen LogP contribution in [0.15, 0.2) is 30.6 Å². The minimum atomic E-state index is -0.447. The highest BCUT2D eigenvalue weighted by molar-refractivity contribution is 5.89. The van der Waals surface area contributed by atoms with Crippen LogP contribution in [0.1, 0.15) is 12.8 Å². The van der Waals surface area contributed by atoms with Gasteiger partial charge in [0.15, 0.2) is 0 Å². The first kappa shape index (κ1) is 12.1. The zero-order valence-electron chi connectivity index (χ0n) is 10.6. The summed E-state index contributed by atoms with van der Waals surface area (Å²) in [4.78, 5) is 17.6. The normalized spacial score (nSPS) is 25.2. The smallest absolute Gasteiger partial charge is 0.321 e. The summed E-state index contributed by atoms with van der Waals surface area (Å²) in [6.07, 6.45) is 9.06. The van der Waals surface area contributed by atoms with E-state index in [9.17, 15) is 9.18 Å². The highest BCUT2D eigenvalue weighted by Crippen LogP contribution is 2.32. The first-order valence-electron chi connectivity index (χ1n) is 6.54. The van der Waals surface area contributed by atoms with Gasteiger partial charge in [0.2, 0.25) is 0 Å². The van der Waals surface area contributed by atoms with Gasteiger partial charge in [0.05, 0.1) is 18.1 Å². The number of fused-ring (bicyclic) bond motifs is 1. The number of nitrogens with one attached hydrogen (secondary N) is 1. The molecule has 2 heterocycles. The second-order valence-corrected chi connectivity index (χ2v) is 5.19. The van der Waals surface area contributed by atoms with Crippen molar-refractivity contribution < 1.29 is 9.18 Å². The van der Waals surface area contributed by atoms with E-state index in [1.807, 2.05) is 4.90 Å². The molecule has 19 heavy (non-hydrogen) atoms. The molecule has 0 unspecified atom stereocenters. The molecule has 0 aromatic carbocycles. The van der Waals surface area contributed by atoms with Gasteiger partial charge in [-0.15, -0.1) is 0 Å². The third-order valence-corrected chi connectivity index (χ3v) is 3.86. The quantitative estimate of drug-likeness (QED) is 0.790. The molecule has 0 saturated carbocycles. The second-order valence-electron chi connectivity index (χ2n) is 5.19. The summed E-state index contributed by atoms with van der Waals surface area (Å²) >= 11 is 0. The Morgan fingerprint density at radius 1 is 1.26 bits per heavy atom. The molecule has 1 saturated heterocycles. The van der Waals surface area contributed by atoms with Crippen molar-refractivity contribution in [2.24, 2.45) is 11.8 Å². The molecule has 0 bridgehead atoms. The van der Waals surface area contributed by atoms with Crippen LogP contribution in [0.3, 0.4) is 0 Å². The molecule has 0 spiro atoms. The number of likely N-dealkylation sites (tertiary alicyclic amines) is 1. The highest BCUT2D eigenvalue weighted by atomic mass is 19.1. The molecule has 1 N–H and O–H groups in total. The predicted molar refractivity (Wildman–Crippen MR) is 70.1 cm³/mol. The first-order valence-corrected chi connectivity index (χ1v) is 6.54. The zero-order chi connectivity index (χ0) is 13.2. The van der Waals surface area contributed by atoms with E-state index in [0.717, 1.165) is 32.1 Å². The average Bonchev–Trinajstić information content (AvgIpc) is 2.82. The van der Waals surface area contributed by atoms with E-state index in [1.165, 1.54) is 12.3 Å². The van der Waals surface area contributed by atoms with Crippen LogP contribution in [0.25, 0.3) is 0 Å². The number of anilines is 1. The lowest BCUT2D eigenvalue weighted by molar-refractivity contribution is 0.220. The number of hydrogen-bond donors (Lipinski definition) is 1. The van der Waals surface area contributed by atoms with Crippen molar-refractivity contribution >= 4 is 11.7 Å². The van der Waals surface area contributed by atoms with Gasteiger partial charge in [0.1, 0.15) is 5.82 Å². The average molecular weight is 261 g/mol. The Bertz CT molecular complexity index is 501. The third-order valence-electron chi connectivity index (χ3n) is 3.86. The number of halogens is 1. The summed E-state index contributed by atoms with van der Waals surface area (Å²) in [5.41, 5.74) is 0.401. The fourth-order valence-electron chi connectivity index (χ4n) is 2.86. The fourth-order valence-corrected chi connectivity index (χ4v) is 2.86. The van der Waals surface area contributed by atoms with Crippen LogP contribution in [0, 0.1) is 17.7 Å². The van der Waals surface area contributed by atoms with E-state index in [1.54, 1.807) is 0 Å². The van der Waals surface area contributed by atoms with Crippen molar-refractivity contribution in [3.05, 3.63) is 36.4 Å². The zero-order valence-corrected chi connectivity index (χ0v) is 10.6. The van der Waals surface area contributed by atoms with E-state index < -0.39 is 5.82 Å². The minimum Gasteiger partial charge on any atom is -0.324 e. The Morgan fingerprint density at radius 2 is 1.95 bits per heavy atom. The SMILES string of the molecule is O=C(Nc1cncc(F)c1)N1C[C@H]2CC=CC[C@H]2C1. The van der Waals surface area contributed by atoms with E-state index in [2.05, 4.69) is 22.5 Å². The summed E-state index contributed by atoms with van der Waals surface area (Å²) < 4.78 is 13.0. The van der Waals surface area contributed by atoms with Crippen LogP contribution in [0.2, 0.25) is 0 Å². The Labute approximate surface area is 111 Å². The fraction of sp³-hybridized carbons (Fsp3) is 0.429. The number of carbonyl (C=O) groups excluding carboxylic acids is 1. The van der Waals surface area contributed by atoms with Gasteiger partial charge in [0.25, 0.3) is 0 Å². The molecule has 1 fully saturated rings. The molecule has 2 amide bonds. The molecule has 1 aliphatic carbocycles. The van der Waals surface area contributed by atoms with Gasteiger partial charge in [-0.25, -0.2) is 9.18 Å². The van der Waals surface area contributed by atoms with E-state index in [-0.39, 0.29) is 6.03 Å². The summed E-state index contributed by atoms with van der Waals surface area (Å²) in [5, 5.41) is 2.70. The van der Waals surface area contributed by atoms with Crippen molar-refractivity contribution in [3.63, 3.8) is 0 Å². The van der Waals surface area contributed by atoms with Gasteiger partial charge >= 0.3 is 6.03 Å². The van der Waals surface area contributed by atoms with Crippen LogP contribution in [0.5, 0.6) is 0 Å². The Balaban J connectivity index is 1.63. The van der Waals surface area contributed by atoms with Gasteiger partial charge in [-0.3, -0.25) is 4.98 Å². The Hall–Kier alpha value is -1.91. The number of pyridine rings is 1. The largest absolute Gasteiger partial charge is 0.324 e. The molecule has 2 aliphatic rings. The molecule has 1 aliphatic heterocycles. The number of carbonyl (C=O) groups is 1. The number of rotatable bonds is 1. The molecule has 5 heteroatoms. The van der Waals surface area contributed by atoms with Gasteiger partial charge < -0.3 is 10.2 Å². The lowest BCUT2D eigenvalue weighted by Crippen LogP contribution is -2.33. The lowest BCUT2D eigenvalue weighted by Gasteiger charge is -2.17. The van der Waals surface area contributed by atoms with E-state index in [0.29, 0.717) is 17.5 Å². The molecule has 3 rings (SSSR count). The maximum Gasteiger partial charge on any atom is 0.321 e. The Morgan fingerprint density at radius 3 is 2.58 bits per heavy atom.